The van der Waals surface area contributed by atoms with Gasteiger partial charge in [0.2, 0.25) is 5.43 Å². The highest BCUT2D eigenvalue weighted by Gasteiger charge is 2.32. The van der Waals surface area contributed by atoms with Crippen LogP contribution >= 0.6 is 0 Å². The predicted octanol–water partition coefficient (Wildman–Crippen LogP) is 4.29. The molecule has 1 aromatic carbocycles. The number of carboxylic acid groups (broad SMARTS) is 1. The number of hydrogen-bond acceptors (Lipinski definition) is 6. The fraction of sp³-hybridized carbons (Fsp3) is 0.286. The summed E-state index contributed by atoms with van der Waals surface area (Å²) in [6.45, 7) is 3.90. The van der Waals surface area contributed by atoms with Crippen LogP contribution in [0.2, 0.25) is 0 Å². The van der Waals surface area contributed by atoms with E-state index >= 15 is 0 Å². The second kappa shape index (κ2) is 8.40. The van der Waals surface area contributed by atoms with Gasteiger partial charge in [-0.2, -0.15) is 0 Å². The van der Waals surface area contributed by atoms with Crippen LogP contribution in [-0.4, -0.2) is 45.7 Å². The molecule has 9 heteroatoms. The molecule has 1 aliphatic carbocycles. The molecule has 3 aromatic heterocycles. The number of anilines is 2. The van der Waals surface area contributed by atoms with Crippen molar-refractivity contribution >= 4 is 28.4 Å². The summed E-state index contributed by atoms with van der Waals surface area (Å²) >= 11 is 0. The first kappa shape index (κ1) is 23.1. The maximum absolute atomic E-state index is 14.7. The fourth-order valence-corrected chi connectivity index (χ4v) is 5.74. The zero-order valence-corrected chi connectivity index (χ0v) is 20.8. The Hall–Kier alpha value is -4.27. The number of aromatic carboxylic acids is 1. The quantitative estimate of drug-likeness (QED) is 0.380. The summed E-state index contributed by atoms with van der Waals surface area (Å²) in [6, 6.07) is 4.78. The number of aryl methyl sites for hydroxylation is 1. The number of pyridine rings is 3. The minimum Gasteiger partial charge on any atom is -0.477 e. The third-order valence-corrected chi connectivity index (χ3v) is 7.52. The molecule has 8 nitrogen and oxygen atoms in total. The first-order chi connectivity index (χ1) is 17.8. The van der Waals surface area contributed by atoms with Crippen LogP contribution in [-0.2, 0) is 13.5 Å². The van der Waals surface area contributed by atoms with E-state index in [0.29, 0.717) is 23.5 Å². The largest absolute Gasteiger partial charge is 0.477 e. The van der Waals surface area contributed by atoms with E-state index < -0.39 is 11.4 Å². The number of aromatic nitrogens is 3. The van der Waals surface area contributed by atoms with Gasteiger partial charge < -0.3 is 19.9 Å². The normalized spacial score (nSPS) is 16.2. The van der Waals surface area contributed by atoms with Crippen molar-refractivity contribution in [3.05, 3.63) is 69.7 Å². The van der Waals surface area contributed by atoms with Crippen LogP contribution in [0.15, 0.2) is 41.6 Å². The first-order valence-electron chi connectivity index (χ1n) is 12.3. The third-order valence-electron chi connectivity index (χ3n) is 7.52. The van der Waals surface area contributed by atoms with Crippen molar-refractivity contribution in [2.75, 3.05) is 30.4 Å². The van der Waals surface area contributed by atoms with Gasteiger partial charge in [-0.25, -0.2) is 14.2 Å². The molecule has 1 saturated heterocycles. The molecule has 1 aliphatic heterocycles. The fourth-order valence-electron chi connectivity index (χ4n) is 5.74. The van der Waals surface area contributed by atoms with Crippen molar-refractivity contribution in [2.24, 2.45) is 13.0 Å². The predicted molar refractivity (Wildman–Crippen MR) is 141 cm³/mol. The summed E-state index contributed by atoms with van der Waals surface area (Å²) in [5.41, 5.74) is 6.28. The lowest BCUT2D eigenvalue weighted by atomic mass is 9.97. The van der Waals surface area contributed by atoms with Crippen LogP contribution in [0.25, 0.3) is 33.3 Å². The molecule has 37 heavy (non-hydrogen) atoms. The Morgan fingerprint density at radius 1 is 1.19 bits per heavy atom. The Kier molecular flexibility index (Phi) is 5.25. The Morgan fingerprint density at radius 3 is 2.70 bits per heavy atom. The molecule has 2 N–H and O–H groups in total. The average Bonchev–Trinajstić information content (AvgIpc) is 3.48. The van der Waals surface area contributed by atoms with Gasteiger partial charge in [0, 0.05) is 74.6 Å². The van der Waals surface area contributed by atoms with Crippen molar-refractivity contribution in [3.8, 4) is 22.3 Å². The highest BCUT2D eigenvalue weighted by Crippen LogP contribution is 2.49. The number of benzene rings is 1. The molecule has 1 fully saturated rings. The molecule has 4 aromatic rings. The number of halogens is 1. The number of nitrogens with one attached hydrogen (secondary N) is 1. The van der Waals surface area contributed by atoms with Gasteiger partial charge in [-0.05, 0) is 41.7 Å². The van der Waals surface area contributed by atoms with Gasteiger partial charge in [0.15, 0.2) is 0 Å². The minimum atomic E-state index is -1.28. The van der Waals surface area contributed by atoms with Gasteiger partial charge in [-0.15, -0.1) is 0 Å². The number of rotatable bonds is 4. The van der Waals surface area contributed by atoms with Gasteiger partial charge in [-0.3, -0.25) is 9.78 Å². The van der Waals surface area contributed by atoms with Crippen LogP contribution in [0.1, 0.15) is 35.0 Å². The van der Waals surface area contributed by atoms with Crippen LogP contribution < -0.4 is 15.6 Å². The lowest BCUT2D eigenvalue weighted by Crippen LogP contribution is -2.21. The number of fused-ring (bicyclic) bond motifs is 4. The van der Waals surface area contributed by atoms with E-state index in [1.165, 1.54) is 12.3 Å². The van der Waals surface area contributed by atoms with Crippen molar-refractivity contribution in [2.45, 2.75) is 19.8 Å². The van der Waals surface area contributed by atoms with Crippen molar-refractivity contribution in [1.82, 2.24) is 14.5 Å². The molecule has 1 unspecified atom stereocenters. The van der Waals surface area contributed by atoms with Crippen LogP contribution in [0.3, 0.4) is 0 Å². The van der Waals surface area contributed by atoms with Gasteiger partial charge >= 0.3 is 5.97 Å². The first-order valence-corrected chi connectivity index (χ1v) is 12.3. The molecule has 6 rings (SSSR count). The maximum Gasteiger partial charge on any atom is 0.341 e. The molecule has 188 valence electrons. The van der Waals surface area contributed by atoms with E-state index in [0.717, 1.165) is 58.8 Å². The van der Waals surface area contributed by atoms with Crippen LogP contribution in [0.5, 0.6) is 0 Å². The van der Waals surface area contributed by atoms with E-state index in [2.05, 4.69) is 22.1 Å². The van der Waals surface area contributed by atoms with E-state index in [1.54, 1.807) is 43.2 Å². The van der Waals surface area contributed by atoms with Gasteiger partial charge in [0.25, 0.3) is 0 Å². The van der Waals surface area contributed by atoms with E-state index in [1.807, 2.05) is 0 Å². The summed E-state index contributed by atoms with van der Waals surface area (Å²) in [4.78, 5) is 36.3. The molecule has 4 heterocycles. The Morgan fingerprint density at radius 2 is 2.00 bits per heavy atom. The maximum atomic E-state index is 14.7. The highest BCUT2D eigenvalue weighted by molar-refractivity contribution is 5.98. The molecule has 2 aliphatic rings. The molecule has 0 spiro atoms. The Bertz CT molecular complexity index is 1680. The average molecular weight is 500 g/mol. The molecule has 0 amide bonds. The molecular formula is C28H26FN5O3. The highest BCUT2D eigenvalue weighted by atomic mass is 19.1. The number of nitrogens with zero attached hydrogens (tertiary/aromatic N) is 4. The minimum absolute atomic E-state index is 0.227. The molecule has 0 radical (unpaired) electrons. The summed E-state index contributed by atoms with van der Waals surface area (Å²) < 4.78 is 16.2. The monoisotopic (exact) mass is 499 g/mol. The SMILES string of the molecule is CNc1cc(F)cc2c1Cc1ncc(-c3cnc4c(c3)c(=O)c(C(=O)O)cn4C)c(N3CCC(C)C3)c1-2. The third kappa shape index (κ3) is 3.56. The van der Waals surface area contributed by atoms with Crippen molar-refractivity contribution in [1.29, 1.82) is 0 Å². The summed E-state index contributed by atoms with van der Waals surface area (Å²) in [5.74, 6) is -1.10. The van der Waals surface area contributed by atoms with Gasteiger partial charge in [0.1, 0.15) is 17.0 Å². The van der Waals surface area contributed by atoms with Gasteiger partial charge in [0.05, 0.1) is 16.8 Å². The van der Waals surface area contributed by atoms with E-state index in [4.69, 9.17) is 4.98 Å². The second-order valence-electron chi connectivity index (χ2n) is 9.97. The van der Waals surface area contributed by atoms with Crippen LogP contribution in [0.4, 0.5) is 15.8 Å². The summed E-state index contributed by atoms with van der Waals surface area (Å²) in [6.07, 6.45) is 6.41. The topological polar surface area (TPSA) is 100 Å². The smallest absolute Gasteiger partial charge is 0.341 e. The lowest BCUT2D eigenvalue weighted by Gasteiger charge is -2.25. The Balaban J connectivity index is 1.64. The molecule has 0 bridgehead atoms. The molecule has 1 atom stereocenters. The number of carbonyl (C=O) groups is 1. The zero-order chi connectivity index (χ0) is 26.0. The lowest BCUT2D eigenvalue weighted by molar-refractivity contribution is 0.0695. The molecular weight excluding hydrogens is 473 g/mol. The number of carboxylic acids is 1. The summed E-state index contributed by atoms with van der Waals surface area (Å²) in [5, 5.41) is 12.9. The van der Waals surface area contributed by atoms with E-state index in [-0.39, 0.29) is 16.8 Å². The zero-order valence-electron chi connectivity index (χ0n) is 20.8. The van der Waals surface area contributed by atoms with Gasteiger partial charge in [-0.1, -0.05) is 6.92 Å². The van der Waals surface area contributed by atoms with Crippen molar-refractivity contribution in [3.63, 3.8) is 0 Å². The Labute approximate surface area is 212 Å². The molecule has 0 saturated carbocycles. The van der Waals surface area contributed by atoms with E-state index in [9.17, 15) is 19.1 Å². The summed E-state index contributed by atoms with van der Waals surface area (Å²) in [7, 11) is 3.45. The standard InChI is InChI=1S/C28H26FN5O3/c1-14-4-5-34(12-14)25-20(11-31-23-9-17-18(24(23)25)7-16(29)8-22(17)30-2)15-6-19-26(35)21(28(36)37)13-33(3)27(19)32-10-15/h6-8,10-11,13-14,30H,4-5,9,12H2,1-3H3,(H,36,37). The number of hydrogen-bond donors (Lipinski definition) is 2. The van der Waals surface area contributed by atoms with Crippen molar-refractivity contribution < 1.29 is 14.3 Å². The second-order valence-corrected chi connectivity index (χ2v) is 9.97. The van der Waals surface area contributed by atoms with Crippen LogP contribution in [0, 0.1) is 11.7 Å².